The Hall–Kier alpha value is -2.87. The van der Waals surface area contributed by atoms with Crippen LogP contribution in [0.15, 0.2) is 42.5 Å². The smallest absolute Gasteiger partial charge is 0.475 e. The van der Waals surface area contributed by atoms with E-state index in [4.69, 9.17) is 15.6 Å². The van der Waals surface area contributed by atoms with Gasteiger partial charge in [-0.15, -0.1) is 0 Å². The van der Waals surface area contributed by atoms with Gasteiger partial charge in [0.1, 0.15) is 0 Å². The van der Waals surface area contributed by atoms with Crippen LogP contribution in [0.5, 0.6) is 0 Å². The Bertz CT molecular complexity index is 1040. The van der Waals surface area contributed by atoms with Gasteiger partial charge in [0.25, 0.3) is 0 Å². The monoisotopic (exact) mass is 476 g/mol. The summed E-state index contributed by atoms with van der Waals surface area (Å²) >= 11 is 0. The minimum absolute atomic E-state index is 0.377. The molecule has 1 amide bonds. The molecular formula is C26H31F3N2O3. The molecular weight excluding hydrogens is 445 g/mol. The fraction of sp³-hybridized carbons (Fsp3) is 0.462. The normalized spacial score (nSPS) is 19.6. The summed E-state index contributed by atoms with van der Waals surface area (Å²) in [6, 6.07) is 15.5. The molecule has 1 atom stereocenters. The summed E-state index contributed by atoms with van der Waals surface area (Å²) in [5.41, 5.74) is 11.6. The number of halogens is 3. The molecule has 184 valence electrons. The Morgan fingerprint density at radius 1 is 0.971 bits per heavy atom. The van der Waals surface area contributed by atoms with Gasteiger partial charge in [-0.2, -0.15) is 13.2 Å². The first-order valence-electron chi connectivity index (χ1n) is 11.4. The van der Waals surface area contributed by atoms with Crippen molar-refractivity contribution >= 4 is 11.9 Å². The van der Waals surface area contributed by atoms with E-state index in [0.717, 1.165) is 24.0 Å². The second-order valence-corrected chi connectivity index (χ2v) is 9.94. The Balaban J connectivity index is 0.000000406. The molecule has 1 saturated carbocycles. The fourth-order valence-corrected chi connectivity index (χ4v) is 4.67. The predicted octanol–water partition coefficient (Wildman–Crippen LogP) is 5.11. The number of amides is 1. The molecule has 2 aromatic rings. The minimum atomic E-state index is -5.08. The van der Waals surface area contributed by atoms with Crippen molar-refractivity contribution < 1.29 is 27.9 Å². The van der Waals surface area contributed by atoms with Crippen molar-refractivity contribution in [2.45, 2.75) is 70.6 Å². The molecule has 0 bridgehead atoms. The number of hydrogen-bond donors (Lipinski definition) is 3. The summed E-state index contributed by atoms with van der Waals surface area (Å²) in [5.74, 6) is -3.13. The quantitative estimate of drug-likeness (QED) is 0.572. The van der Waals surface area contributed by atoms with Gasteiger partial charge in [-0.05, 0) is 78.3 Å². The molecule has 2 aliphatic rings. The van der Waals surface area contributed by atoms with Crippen molar-refractivity contribution in [3.63, 3.8) is 0 Å². The van der Waals surface area contributed by atoms with Crippen LogP contribution in [0.4, 0.5) is 13.2 Å². The molecule has 1 fully saturated rings. The van der Waals surface area contributed by atoms with Gasteiger partial charge < -0.3 is 16.2 Å². The highest BCUT2D eigenvalue weighted by Crippen LogP contribution is 2.36. The maximum absolute atomic E-state index is 11.5. The highest BCUT2D eigenvalue weighted by atomic mass is 19.4. The molecule has 34 heavy (non-hydrogen) atoms. The van der Waals surface area contributed by atoms with Crippen LogP contribution in [-0.2, 0) is 17.6 Å². The van der Waals surface area contributed by atoms with Crippen molar-refractivity contribution in [2.75, 3.05) is 0 Å². The van der Waals surface area contributed by atoms with Crippen molar-refractivity contribution in [3.05, 3.63) is 59.2 Å². The highest BCUT2D eigenvalue weighted by molar-refractivity contribution is 5.94. The second kappa shape index (κ2) is 10.2. The lowest BCUT2D eigenvalue weighted by Crippen LogP contribution is -2.42. The molecule has 2 aliphatic carbocycles. The van der Waals surface area contributed by atoms with Gasteiger partial charge in [0.05, 0.1) is 0 Å². The largest absolute Gasteiger partial charge is 0.490 e. The van der Waals surface area contributed by atoms with Crippen molar-refractivity contribution in [1.29, 1.82) is 0 Å². The van der Waals surface area contributed by atoms with Crippen LogP contribution in [0.25, 0.3) is 11.1 Å². The van der Waals surface area contributed by atoms with Gasteiger partial charge in [0, 0.05) is 17.6 Å². The molecule has 4 rings (SSSR count). The number of alkyl halides is 3. The molecule has 0 heterocycles. The molecule has 0 aromatic heterocycles. The van der Waals surface area contributed by atoms with Gasteiger partial charge in [-0.1, -0.05) is 44.2 Å². The third kappa shape index (κ3) is 6.82. The molecule has 0 radical (unpaired) electrons. The Morgan fingerprint density at radius 3 is 2.15 bits per heavy atom. The van der Waals surface area contributed by atoms with E-state index in [1.54, 1.807) is 6.07 Å². The average molecular weight is 477 g/mol. The van der Waals surface area contributed by atoms with Gasteiger partial charge in [-0.3, -0.25) is 4.79 Å². The SMILES string of the molecule is CC1(C)CCC(NC2Cc3ccc(-c4cccc(C(N)=O)c4)cc3C2)CC1.O=C(O)C(F)(F)F. The van der Waals surface area contributed by atoms with E-state index in [9.17, 15) is 18.0 Å². The number of carbonyl (C=O) groups is 2. The van der Waals surface area contributed by atoms with Gasteiger partial charge in [0.15, 0.2) is 0 Å². The van der Waals surface area contributed by atoms with E-state index in [1.807, 2.05) is 18.2 Å². The lowest BCUT2D eigenvalue weighted by Gasteiger charge is -2.36. The Morgan fingerprint density at radius 2 is 1.56 bits per heavy atom. The van der Waals surface area contributed by atoms with Crippen LogP contribution >= 0.6 is 0 Å². The number of primary amides is 1. The number of carboxylic acids is 1. The van der Waals surface area contributed by atoms with Gasteiger partial charge in [0.2, 0.25) is 5.91 Å². The molecule has 4 N–H and O–H groups in total. The number of carbonyl (C=O) groups excluding carboxylic acids is 1. The first kappa shape index (κ1) is 25.7. The van der Waals surface area contributed by atoms with Crippen LogP contribution in [-0.4, -0.2) is 35.2 Å². The molecule has 1 unspecified atom stereocenters. The van der Waals surface area contributed by atoms with E-state index in [-0.39, 0.29) is 5.91 Å². The molecule has 8 heteroatoms. The summed E-state index contributed by atoms with van der Waals surface area (Å²) in [7, 11) is 0. The second-order valence-electron chi connectivity index (χ2n) is 9.94. The average Bonchev–Trinajstić information content (AvgIpc) is 3.16. The summed E-state index contributed by atoms with van der Waals surface area (Å²) < 4.78 is 31.7. The van der Waals surface area contributed by atoms with Crippen molar-refractivity contribution in [3.8, 4) is 11.1 Å². The number of aliphatic carboxylic acids is 1. The zero-order valence-corrected chi connectivity index (χ0v) is 19.4. The van der Waals surface area contributed by atoms with E-state index in [2.05, 4.69) is 37.4 Å². The first-order valence-corrected chi connectivity index (χ1v) is 11.4. The third-order valence-electron chi connectivity index (χ3n) is 6.67. The number of hydrogen-bond acceptors (Lipinski definition) is 3. The molecule has 5 nitrogen and oxygen atoms in total. The highest BCUT2D eigenvalue weighted by Gasteiger charge is 2.38. The molecule has 2 aromatic carbocycles. The van der Waals surface area contributed by atoms with Crippen LogP contribution < -0.4 is 11.1 Å². The molecule has 0 saturated heterocycles. The topological polar surface area (TPSA) is 92.4 Å². The summed E-state index contributed by atoms with van der Waals surface area (Å²) in [6.45, 7) is 4.78. The number of fused-ring (bicyclic) bond motifs is 1. The van der Waals surface area contributed by atoms with E-state index in [1.165, 1.54) is 36.8 Å². The van der Waals surface area contributed by atoms with Crippen molar-refractivity contribution in [1.82, 2.24) is 5.32 Å². The molecule has 0 spiro atoms. The van der Waals surface area contributed by atoms with E-state index >= 15 is 0 Å². The van der Waals surface area contributed by atoms with Crippen molar-refractivity contribution in [2.24, 2.45) is 11.1 Å². The predicted molar refractivity (Wildman–Crippen MR) is 124 cm³/mol. The van der Waals surface area contributed by atoms with Crippen LogP contribution in [0.1, 0.15) is 61.0 Å². The zero-order chi connectivity index (χ0) is 25.1. The number of nitrogens with two attached hydrogens (primary N) is 1. The maximum Gasteiger partial charge on any atom is 0.490 e. The Labute approximate surface area is 197 Å². The van der Waals surface area contributed by atoms with E-state index < -0.39 is 12.1 Å². The van der Waals surface area contributed by atoms with Gasteiger partial charge >= 0.3 is 12.1 Å². The lowest BCUT2D eigenvalue weighted by atomic mass is 9.75. The number of nitrogens with one attached hydrogen (secondary N) is 1. The van der Waals surface area contributed by atoms with E-state index in [0.29, 0.717) is 23.1 Å². The van der Waals surface area contributed by atoms with Crippen LogP contribution in [0.2, 0.25) is 0 Å². The minimum Gasteiger partial charge on any atom is -0.475 e. The standard InChI is InChI=1S/C24H30N2O.C2HF3O2/c1-24(2)10-8-21(9-11-24)26-22-14-18-7-6-17(13-20(18)15-22)16-4-3-5-19(12-16)23(25)27;3-2(4,5)1(6)7/h3-7,12-13,21-22,26H,8-11,14-15H2,1-2H3,(H2,25,27);(H,6,7). The van der Waals surface area contributed by atoms with Gasteiger partial charge in [-0.25, -0.2) is 4.79 Å². The zero-order valence-electron chi connectivity index (χ0n) is 19.4. The number of benzene rings is 2. The summed E-state index contributed by atoms with van der Waals surface area (Å²) in [6.07, 6.45) is 2.38. The van der Waals surface area contributed by atoms with Crippen LogP contribution in [0, 0.1) is 5.41 Å². The Kier molecular flexibility index (Phi) is 7.70. The fourth-order valence-electron chi connectivity index (χ4n) is 4.67. The lowest BCUT2D eigenvalue weighted by molar-refractivity contribution is -0.192. The number of rotatable bonds is 4. The summed E-state index contributed by atoms with van der Waals surface area (Å²) in [4.78, 5) is 20.4. The molecule has 0 aliphatic heterocycles. The summed E-state index contributed by atoms with van der Waals surface area (Å²) in [5, 5.41) is 11.0. The maximum atomic E-state index is 11.5. The first-order chi connectivity index (χ1) is 15.8. The number of carboxylic acid groups (broad SMARTS) is 1. The van der Waals surface area contributed by atoms with Crippen LogP contribution in [0.3, 0.4) is 0 Å². The third-order valence-corrected chi connectivity index (χ3v) is 6.67.